The maximum absolute atomic E-state index is 13.6. The van der Waals surface area contributed by atoms with Crippen LogP contribution in [-0.2, 0) is 31.9 Å². The Bertz CT molecular complexity index is 1070. The number of rotatable bonds is 16. The van der Waals surface area contributed by atoms with Crippen LogP contribution < -0.4 is 0 Å². The number of esters is 1. The van der Waals surface area contributed by atoms with E-state index in [1.807, 2.05) is 30.3 Å². The van der Waals surface area contributed by atoms with Gasteiger partial charge in [0.05, 0.1) is 16.4 Å². The number of aryl methyl sites for hydroxylation is 1. The molecule has 0 spiro atoms. The van der Waals surface area contributed by atoms with E-state index in [-0.39, 0.29) is 13.2 Å². The summed E-state index contributed by atoms with van der Waals surface area (Å²) in [6.07, 6.45) is 8.16. The monoisotopic (exact) mass is 605 g/mol. The van der Waals surface area contributed by atoms with E-state index < -0.39 is 36.0 Å². The molecule has 8 nitrogen and oxygen atoms in total. The fourth-order valence-electron chi connectivity index (χ4n) is 4.90. The minimum Gasteiger partial charge on any atom is -0.461 e. The molecule has 2 amide bonds. The van der Waals surface area contributed by atoms with E-state index in [9.17, 15) is 14.4 Å². The van der Waals surface area contributed by atoms with Crippen molar-refractivity contribution in [2.24, 2.45) is 5.92 Å². The SMILES string of the molecule is CC(=O)O[C@@H](c1cc(Br)c(CCCCCCCCCCO)o1)[C@@H](C)C(=O)N1C(=O)OC[C@H]1Cc1ccccc1. The van der Waals surface area contributed by atoms with Crippen molar-refractivity contribution in [3.05, 3.63) is 58.0 Å². The molecule has 1 fully saturated rings. The molecule has 39 heavy (non-hydrogen) atoms. The molecule has 0 bridgehead atoms. The smallest absolute Gasteiger partial charge is 0.416 e. The van der Waals surface area contributed by atoms with E-state index in [1.165, 1.54) is 19.8 Å². The summed E-state index contributed by atoms with van der Waals surface area (Å²) in [5.41, 5.74) is 0.990. The molecule has 1 saturated heterocycles. The summed E-state index contributed by atoms with van der Waals surface area (Å²) in [6, 6.07) is 10.9. The second-order valence-electron chi connectivity index (χ2n) is 10.2. The normalized spacial score (nSPS) is 16.7. The molecule has 1 aliphatic heterocycles. The number of hydrogen-bond donors (Lipinski definition) is 1. The molecule has 1 aromatic carbocycles. The van der Waals surface area contributed by atoms with Crippen LogP contribution in [0.25, 0.3) is 0 Å². The molecule has 0 aliphatic carbocycles. The van der Waals surface area contributed by atoms with Gasteiger partial charge in [0.2, 0.25) is 5.91 Å². The van der Waals surface area contributed by atoms with E-state index in [0.717, 1.165) is 65.6 Å². The first kappa shape index (κ1) is 30.9. The Morgan fingerprint density at radius 3 is 2.36 bits per heavy atom. The van der Waals surface area contributed by atoms with E-state index in [2.05, 4.69) is 15.9 Å². The second kappa shape index (κ2) is 15.8. The minimum atomic E-state index is -0.982. The first-order chi connectivity index (χ1) is 18.8. The summed E-state index contributed by atoms with van der Waals surface area (Å²) in [7, 11) is 0. The third-order valence-corrected chi connectivity index (χ3v) is 7.69. The molecule has 0 saturated carbocycles. The van der Waals surface area contributed by atoms with Gasteiger partial charge in [-0.05, 0) is 53.7 Å². The molecular weight excluding hydrogens is 566 g/mol. The van der Waals surface area contributed by atoms with Crippen molar-refractivity contribution in [3.63, 3.8) is 0 Å². The first-order valence-electron chi connectivity index (χ1n) is 13.9. The van der Waals surface area contributed by atoms with Gasteiger partial charge in [-0.1, -0.05) is 68.9 Å². The second-order valence-corrected chi connectivity index (χ2v) is 11.0. The van der Waals surface area contributed by atoms with E-state index in [1.54, 1.807) is 13.0 Å². The average molecular weight is 607 g/mol. The van der Waals surface area contributed by atoms with Gasteiger partial charge >= 0.3 is 12.1 Å². The number of amides is 2. The van der Waals surface area contributed by atoms with Crippen molar-refractivity contribution >= 4 is 33.9 Å². The van der Waals surface area contributed by atoms with E-state index in [4.69, 9.17) is 19.0 Å². The number of hydrogen-bond acceptors (Lipinski definition) is 7. The van der Waals surface area contributed by atoms with E-state index >= 15 is 0 Å². The molecule has 214 valence electrons. The zero-order chi connectivity index (χ0) is 28.2. The van der Waals surface area contributed by atoms with Crippen LogP contribution in [0.1, 0.15) is 88.4 Å². The number of halogens is 1. The Labute approximate surface area is 239 Å². The fourth-order valence-corrected chi connectivity index (χ4v) is 5.40. The zero-order valence-electron chi connectivity index (χ0n) is 22.9. The number of unbranched alkanes of at least 4 members (excludes halogenated alkanes) is 7. The van der Waals surface area contributed by atoms with Crippen LogP contribution in [0.15, 0.2) is 45.3 Å². The van der Waals surface area contributed by atoms with Gasteiger partial charge in [0.1, 0.15) is 18.1 Å². The Morgan fingerprint density at radius 1 is 1.08 bits per heavy atom. The lowest BCUT2D eigenvalue weighted by Gasteiger charge is -2.27. The van der Waals surface area contributed by atoms with Crippen molar-refractivity contribution in [1.82, 2.24) is 4.90 Å². The topological polar surface area (TPSA) is 106 Å². The maximum Gasteiger partial charge on any atom is 0.416 e. The average Bonchev–Trinajstić information content (AvgIpc) is 3.47. The number of cyclic esters (lactones) is 1. The lowest BCUT2D eigenvalue weighted by atomic mass is 9.98. The maximum atomic E-state index is 13.6. The molecule has 2 heterocycles. The summed E-state index contributed by atoms with van der Waals surface area (Å²) in [5.74, 6) is -0.777. The lowest BCUT2D eigenvalue weighted by Crippen LogP contribution is -2.44. The molecule has 2 aromatic rings. The predicted molar refractivity (Wildman–Crippen MR) is 150 cm³/mol. The van der Waals surface area contributed by atoms with Crippen LogP contribution in [0, 0.1) is 5.92 Å². The van der Waals surface area contributed by atoms with Crippen molar-refractivity contribution in [2.45, 2.75) is 90.2 Å². The third-order valence-electron chi connectivity index (χ3n) is 7.02. The van der Waals surface area contributed by atoms with Gasteiger partial charge in [-0.2, -0.15) is 0 Å². The molecule has 0 unspecified atom stereocenters. The third kappa shape index (κ3) is 9.21. The number of imide groups is 1. The highest BCUT2D eigenvalue weighted by molar-refractivity contribution is 9.10. The fraction of sp³-hybridized carbons (Fsp3) is 0.567. The molecule has 1 N–H and O–H groups in total. The summed E-state index contributed by atoms with van der Waals surface area (Å²) in [5, 5.41) is 8.85. The number of ether oxygens (including phenoxy) is 2. The molecule has 1 aromatic heterocycles. The number of aliphatic hydroxyl groups is 1. The summed E-state index contributed by atoms with van der Waals surface area (Å²) < 4.78 is 17.7. The molecule has 9 heteroatoms. The number of nitrogens with zero attached hydrogens (tertiary/aromatic N) is 1. The Morgan fingerprint density at radius 2 is 1.72 bits per heavy atom. The highest BCUT2D eigenvalue weighted by atomic mass is 79.9. The van der Waals surface area contributed by atoms with Gasteiger partial charge in [0.25, 0.3) is 0 Å². The van der Waals surface area contributed by atoms with Crippen molar-refractivity contribution in [1.29, 1.82) is 0 Å². The highest BCUT2D eigenvalue weighted by Crippen LogP contribution is 2.35. The zero-order valence-corrected chi connectivity index (χ0v) is 24.5. The molecule has 0 radical (unpaired) electrons. The quantitative estimate of drug-likeness (QED) is 0.171. The number of benzene rings is 1. The van der Waals surface area contributed by atoms with Crippen LogP contribution in [0.2, 0.25) is 0 Å². The summed E-state index contributed by atoms with van der Waals surface area (Å²) in [4.78, 5) is 39.3. The first-order valence-corrected chi connectivity index (χ1v) is 14.7. The molecular formula is C30H40BrNO7. The van der Waals surface area contributed by atoms with Crippen LogP contribution in [0.3, 0.4) is 0 Å². The molecule has 3 rings (SSSR count). The van der Waals surface area contributed by atoms with Crippen LogP contribution in [-0.4, -0.2) is 47.2 Å². The number of furan rings is 1. The summed E-state index contributed by atoms with van der Waals surface area (Å²) >= 11 is 3.55. The predicted octanol–water partition coefficient (Wildman–Crippen LogP) is 6.53. The standard InChI is InChI=1S/C30H40BrNO7/c1-21(29(35)32-24(20-37-30(32)36)18-23-14-10-9-11-15-23)28(38-22(2)34)27-19-25(31)26(39-27)16-12-7-5-3-4-6-8-13-17-33/h9-11,14-15,19,21,24,28,33H,3-8,12-13,16-18,20H2,1-2H3/t21-,24-,28-/m1/s1. The van der Waals surface area contributed by atoms with Crippen LogP contribution in [0.5, 0.6) is 0 Å². The Balaban J connectivity index is 1.62. The number of carbonyl (C=O) groups excluding carboxylic acids is 3. The van der Waals surface area contributed by atoms with Crippen molar-refractivity contribution < 1.29 is 33.4 Å². The largest absolute Gasteiger partial charge is 0.461 e. The number of carbonyl (C=O) groups is 3. The van der Waals surface area contributed by atoms with E-state index in [0.29, 0.717) is 12.2 Å². The van der Waals surface area contributed by atoms with Gasteiger partial charge < -0.3 is 19.0 Å². The minimum absolute atomic E-state index is 0.115. The van der Waals surface area contributed by atoms with Gasteiger partial charge in [-0.3, -0.25) is 9.59 Å². The van der Waals surface area contributed by atoms with Crippen LogP contribution >= 0.6 is 15.9 Å². The van der Waals surface area contributed by atoms with Crippen molar-refractivity contribution in [3.8, 4) is 0 Å². The van der Waals surface area contributed by atoms with Gasteiger partial charge in [0.15, 0.2) is 6.10 Å². The lowest BCUT2D eigenvalue weighted by molar-refractivity contribution is -0.154. The highest BCUT2D eigenvalue weighted by Gasteiger charge is 2.43. The van der Waals surface area contributed by atoms with Crippen LogP contribution in [0.4, 0.5) is 4.79 Å². The van der Waals surface area contributed by atoms with Gasteiger partial charge in [-0.25, -0.2) is 9.69 Å². The summed E-state index contributed by atoms with van der Waals surface area (Å²) in [6.45, 7) is 3.31. The van der Waals surface area contributed by atoms with Gasteiger partial charge in [-0.15, -0.1) is 0 Å². The Kier molecular flexibility index (Phi) is 12.5. The Hall–Kier alpha value is -2.65. The molecule has 3 atom stereocenters. The molecule has 1 aliphatic rings. The van der Waals surface area contributed by atoms with Gasteiger partial charge in [0, 0.05) is 20.0 Å². The van der Waals surface area contributed by atoms with Crippen molar-refractivity contribution in [2.75, 3.05) is 13.2 Å². The number of aliphatic hydroxyl groups excluding tert-OH is 1.